The van der Waals surface area contributed by atoms with E-state index in [1.165, 1.54) is 0 Å². The van der Waals surface area contributed by atoms with Gasteiger partial charge in [0.15, 0.2) is 5.76 Å². The Kier molecular flexibility index (Phi) is 2.34. The van der Waals surface area contributed by atoms with Crippen molar-refractivity contribution >= 4 is 22.8 Å². The third-order valence-electron chi connectivity index (χ3n) is 1.47. The van der Waals surface area contributed by atoms with E-state index in [1.807, 2.05) is 0 Å². The third-order valence-corrected chi connectivity index (χ3v) is 1.47. The molecule has 0 aromatic carbocycles. The zero-order chi connectivity index (χ0) is 6.97. The number of ketones is 1. The molecule has 0 spiro atoms. The smallest absolute Gasteiger partial charge is 0.231 e. The number of halogens is 1. The van der Waals surface area contributed by atoms with E-state index < -0.39 is 0 Å². The number of carbonyl (C=O) groups excluding carboxylic acids is 1. The summed E-state index contributed by atoms with van der Waals surface area (Å²) >= 11 is 0. The van der Waals surface area contributed by atoms with Crippen molar-refractivity contribution in [1.29, 1.82) is 0 Å². The van der Waals surface area contributed by atoms with E-state index in [1.54, 1.807) is 12.2 Å². The fourth-order valence-electron chi connectivity index (χ4n) is 0.996. The van der Waals surface area contributed by atoms with Crippen molar-refractivity contribution in [2.24, 2.45) is 0 Å². The molecule has 0 bridgehead atoms. The van der Waals surface area contributed by atoms with Gasteiger partial charge in [0, 0.05) is 6.42 Å². The van der Waals surface area contributed by atoms with Gasteiger partial charge >= 0.3 is 0 Å². The van der Waals surface area contributed by atoms with Crippen LogP contribution in [0.25, 0.3) is 0 Å². The van der Waals surface area contributed by atoms with Crippen molar-refractivity contribution < 1.29 is 14.3 Å². The first-order valence-electron chi connectivity index (χ1n) is 3.07. The van der Waals surface area contributed by atoms with Crippen molar-refractivity contribution in [3.63, 3.8) is 0 Å². The van der Waals surface area contributed by atoms with E-state index in [0.29, 0.717) is 17.9 Å². The van der Waals surface area contributed by atoms with Crippen LogP contribution in [-0.2, 0) is 14.3 Å². The second kappa shape index (κ2) is 3.09. The third kappa shape index (κ3) is 1.30. The number of allylic oxidation sites excluding steroid dienone is 3. The highest BCUT2D eigenvalue weighted by Crippen LogP contribution is 2.22. The van der Waals surface area contributed by atoms with Crippen molar-refractivity contribution in [2.45, 2.75) is 6.42 Å². The van der Waals surface area contributed by atoms with E-state index in [2.05, 4.69) is 0 Å². The number of ether oxygens (including phenoxy) is 2. The first kappa shape index (κ1) is 8.33. The zero-order valence-corrected chi connectivity index (χ0v) is 7.41. The van der Waals surface area contributed by atoms with Crippen molar-refractivity contribution in [1.82, 2.24) is 0 Å². The fourth-order valence-corrected chi connectivity index (χ4v) is 0.996. The molecule has 0 aromatic heterocycles. The van der Waals surface area contributed by atoms with E-state index in [4.69, 9.17) is 9.47 Å². The molecule has 1 aliphatic heterocycles. The summed E-state index contributed by atoms with van der Waals surface area (Å²) in [6.45, 7) is 0.181. The Morgan fingerprint density at radius 1 is 1.36 bits per heavy atom. The summed E-state index contributed by atoms with van der Waals surface area (Å²) in [6.07, 6.45) is 3.97. The molecule has 4 heteroatoms. The minimum atomic E-state index is 0. The number of hydrogen-bond donors (Lipinski definition) is 0. The first-order chi connectivity index (χ1) is 4.88. The maximum Gasteiger partial charge on any atom is 0.231 e. The number of carbonyl (C=O) groups is 1. The highest BCUT2D eigenvalue weighted by Gasteiger charge is 2.24. The Labute approximate surface area is 74.4 Å². The van der Waals surface area contributed by atoms with E-state index in [-0.39, 0.29) is 29.6 Å². The van der Waals surface area contributed by atoms with Crippen molar-refractivity contribution in [2.75, 3.05) is 6.79 Å². The van der Waals surface area contributed by atoms with Gasteiger partial charge in [0.05, 0.1) is 0 Å². The molecular formula is C7H7BrO3. The Bertz CT molecular complexity index is 242. The predicted octanol–water partition coefficient (Wildman–Crippen LogP) is 1.31. The van der Waals surface area contributed by atoms with E-state index >= 15 is 0 Å². The average Bonchev–Trinajstić information content (AvgIpc) is 2.36. The SMILES string of the molecule is Br.O=C1CC=CC2=C1OCO2. The molecule has 0 fully saturated rings. The van der Waals surface area contributed by atoms with Gasteiger partial charge in [-0.3, -0.25) is 4.79 Å². The zero-order valence-electron chi connectivity index (χ0n) is 5.70. The van der Waals surface area contributed by atoms with Gasteiger partial charge in [-0.25, -0.2) is 0 Å². The van der Waals surface area contributed by atoms with Crippen LogP contribution in [0.15, 0.2) is 23.7 Å². The van der Waals surface area contributed by atoms with Crippen LogP contribution in [0.4, 0.5) is 0 Å². The summed E-state index contributed by atoms with van der Waals surface area (Å²) in [4.78, 5) is 11.0. The monoisotopic (exact) mass is 218 g/mol. The average molecular weight is 219 g/mol. The van der Waals surface area contributed by atoms with Crippen LogP contribution in [0.1, 0.15) is 6.42 Å². The molecule has 3 nitrogen and oxygen atoms in total. The molecule has 0 atom stereocenters. The molecule has 0 amide bonds. The first-order valence-corrected chi connectivity index (χ1v) is 3.07. The Morgan fingerprint density at radius 3 is 2.91 bits per heavy atom. The summed E-state index contributed by atoms with van der Waals surface area (Å²) in [5.41, 5.74) is 0. The van der Waals surface area contributed by atoms with Crippen LogP contribution in [-0.4, -0.2) is 12.6 Å². The number of Topliss-reactive ketones (excluding diaryl/α,β-unsaturated/α-hetero) is 1. The van der Waals surface area contributed by atoms with Gasteiger partial charge in [-0.15, -0.1) is 17.0 Å². The molecule has 60 valence electrons. The lowest BCUT2D eigenvalue weighted by Gasteiger charge is -2.01. The van der Waals surface area contributed by atoms with Gasteiger partial charge in [-0.05, 0) is 6.08 Å². The molecule has 0 radical (unpaired) electrons. The number of rotatable bonds is 0. The lowest BCUT2D eigenvalue weighted by Crippen LogP contribution is -2.05. The molecule has 0 saturated carbocycles. The molecule has 0 unspecified atom stereocenters. The predicted molar refractivity (Wildman–Crippen MR) is 43.1 cm³/mol. The molecule has 0 saturated heterocycles. The van der Waals surface area contributed by atoms with Gasteiger partial charge in [0.1, 0.15) is 0 Å². The van der Waals surface area contributed by atoms with Gasteiger partial charge in [0.25, 0.3) is 0 Å². The highest BCUT2D eigenvalue weighted by atomic mass is 79.9. The van der Waals surface area contributed by atoms with Crippen LogP contribution >= 0.6 is 17.0 Å². The summed E-state index contributed by atoms with van der Waals surface area (Å²) in [6, 6.07) is 0. The molecular weight excluding hydrogens is 212 g/mol. The molecule has 2 rings (SSSR count). The maximum atomic E-state index is 11.0. The summed E-state index contributed by atoms with van der Waals surface area (Å²) < 4.78 is 9.90. The Balaban J connectivity index is 0.000000605. The normalized spacial score (nSPS) is 20.2. The fraction of sp³-hybridized carbons (Fsp3) is 0.286. The molecule has 2 aliphatic rings. The van der Waals surface area contributed by atoms with E-state index in [9.17, 15) is 4.79 Å². The lowest BCUT2D eigenvalue weighted by atomic mass is 10.1. The molecule has 0 aromatic rings. The van der Waals surface area contributed by atoms with Gasteiger partial charge in [0.2, 0.25) is 18.3 Å². The largest absolute Gasteiger partial charge is 0.453 e. The molecule has 0 N–H and O–H groups in total. The van der Waals surface area contributed by atoms with Crippen LogP contribution in [0.3, 0.4) is 0 Å². The lowest BCUT2D eigenvalue weighted by molar-refractivity contribution is -0.118. The molecule has 11 heavy (non-hydrogen) atoms. The second-order valence-electron chi connectivity index (χ2n) is 2.13. The van der Waals surface area contributed by atoms with E-state index in [0.717, 1.165) is 0 Å². The minimum Gasteiger partial charge on any atom is -0.453 e. The summed E-state index contributed by atoms with van der Waals surface area (Å²) in [5.74, 6) is 0.980. The summed E-state index contributed by atoms with van der Waals surface area (Å²) in [5, 5.41) is 0. The van der Waals surface area contributed by atoms with Crippen LogP contribution in [0.2, 0.25) is 0 Å². The molecule has 1 aliphatic carbocycles. The maximum absolute atomic E-state index is 11.0. The van der Waals surface area contributed by atoms with Gasteiger partial charge in [-0.1, -0.05) is 6.08 Å². The highest BCUT2D eigenvalue weighted by molar-refractivity contribution is 8.93. The van der Waals surface area contributed by atoms with Gasteiger partial charge < -0.3 is 9.47 Å². The van der Waals surface area contributed by atoms with Crippen LogP contribution in [0, 0.1) is 0 Å². The second-order valence-corrected chi connectivity index (χ2v) is 2.13. The Hall–Kier alpha value is -0.770. The van der Waals surface area contributed by atoms with Crippen LogP contribution < -0.4 is 0 Å². The molecule has 1 heterocycles. The van der Waals surface area contributed by atoms with Crippen LogP contribution in [0.5, 0.6) is 0 Å². The van der Waals surface area contributed by atoms with Crippen molar-refractivity contribution in [3.05, 3.63) is 23.7 Å². The summed E-state index contributed by atoms with van der Waals surface area (Å²) in [7, 11) is 0. The minimum absolute atomic E-state index is 0. The Morgan fingerprint density at radius 2 is 2.18 bits per heavy atom. The topological polar surface area (TPSA) is 35.5 Å². The van der Waals surface area contributed by atoms with Crippen molar-refractivity contribution in [3.8, 4) is 0 Å². The standard InChI is InChI=1S/C7H6O3.BrH/c8-5-2-1-3-6-7(5)10-4-9-6;/h1,3H,2,4H2;1H. The number of hydrogen-bond acceptors (Lipinski definition) is 3. The van der Waals surface area contributed by atoms with Gasteiger partial charge in [-0.2, -0.15) is 0 Å². The quantitative estimate of drug-likeness (QED) is 0.616.